The third-order valence-electron chi connectivity index (χ3n) is 2.61. The van der Waals surface area contributed by atoms with Gasteiger partial charge in [0, 0.05) is 0 Å². The summed E-state index contributed by atoms with van der Waals surface area (Å²) in [6.45, 7) is 13.0. The lowest BCUT2D eigenvalue weighted by Gasteiger charge is -2.33. The maximum atomic E-state index is 6.35. The second kappa shape index (κ2) is 7.67. The van der Waals surface area contributed by atoms with E-state index in [-0.39, 0.29) is 0 Å². The van der Waals surface area contributed by atoms with Crippen molar-refractivity contribution in [2.75, 3.05) is 0 Å². The third-order valence-corrected chi connectivity index (χ3v) is 14.5. The first-order valence-electron chi connectivity index (χ1n) is 6.90. The van der Waals surface area contributed by atoms with Crippen molar-refractivity contribution >= 4 is 41.1 Å². The van der Waals surface area contributed by atoms with Gasteiger partial charge in [0.15, 0.2) is 18.1 Å². The summed E-state index contributed by atoms with van der Waals surface area (Å²) >= 11 is 0. The number of hydrogen-bond acceptors (Lipinski definition) is 3. The minimum Gasteiger partial charge on any atom is -0.442 e. The zero-order valence-corrected chi connectivity index (χ0v) is 17.3. The molecule has 108 valence electrons. The molecule has 0 bridgehead atoms. The van der Waals surface area contributed by atoms with E-state index in [1.54, 1.807) is 0 Å². The lowest BCUT2D eigenvalue weighted by atomic mass is 10.4. The van der Waals surface area contributed by atoms with E-state index >= 15 is 0 Å². The molecule has 0 spiro atoms. The van der Waals surface area contributed by atoms with Crippen LogP contribution < -0.4 is 5.19 Å². The predicted octanol–water partition coefficient (Wildman–Crippen LogP) is 1.83. The first kappa shape index (κ1) is 17.0. The van der Waals surface area contributed by atoms with Crippen LogP contribution in [0.15, 0.2) is 30.3 Å². The van der Waals surface area contributed by atoms with Crippen molar-refractivity contribution in [2.24, 2.45) is 0 Å². The quantitative estimate of drug-likeness (QED) is 0.714. The van der Waals surface area contributed by atoms with Gasteiger partial charge >= 0.3 is 8.56 Å². The largest absolute Gasteiger partial charge is 0.442 e. The van der Waals surface area contributed by atoms with E-state index in [9.17, 15) is 0 Å². The minimum atomic E-state index is -2.30. The van der Waals surface area contributed by atoms with Crippen LogP contribution in [0.25, 0.3) is 0 Å². The van der Waals surface area contributed by atoms with Gasteiger partial charge < -0.3 is 12.3 Å². The lowest BCUT2D eigenvalue weighted by Crippen LogP contribution is -2.56. The van der Waals surface area contributed by atoms with E-state index in [4.69, 9.17) is 12.3 Å². The van der Waals surface area contributed by atoms with E-state index in [0.29, 0.717) is 0 Å². The van der Waals surface area contributed by atoms with Crippen LogP contribution in [0.3, 0.4) is 0 Å². The van der Waals surface area contributed by atoms with E-state index in [1.807, 2.05) is 6.07 Å². The van der Waals surface area contributed by atoms with Crippen LogP contribution in [0, 0.1) is 0 Å². The fraction of sp³-hybridized carbons (Fsp3) is 0.500. The molecule has 3 nitrogen and oxygen atoms in total. The first-order valence-corrected chi connectivity index (χ1v) is 16.9. The van der Waals surface area contributed by atoms with Gasteiger partial charge in [-0.15, -0.1) is 0 Å². The van der Waals surface area contributed by atoms with Crippen LogP contribution in [0.1, 0.15) is 0 Å². The molecule has 2 atom stereocenters. The Morgan fingerprint density at radius 1 is 0.842 bits per heavy atom. The van der Waals surface area contributed by atoms with Gasteiger partial charge in [-0.1, -0.05) is 30.3 Å². The van der Waals surface area contributed by atoms with Gasteiger partial charge in [-0.05, 0) is 44.5 Å². The summed E-state index contributed by atoms with van der Waals surface area (Å²) < 4.78 is 18.6. The monoisotopic (exact) mass is 330 g/mol. The highest BCUT2D eigenvalue weighted by Gasteiger charge is 2.37. The molecule has 19 heavy (non-hydrogen) atoms. The van der Waals surface area contributed by atoms with Gasteiger partial charge in [0.05, 0.1) is 0 Å². The molecule has 0 fully saturated rings. The molecule has 0 saturated carbocycles. The van der Waals surface area contributed by atoms with E-state index < -0.39 is 35.9 Å². The minimum absolute atomic E-state index is 1.03. The Kier molecular flexibility index (Phi) is 6.87. The standard InChI is InChI=1S/C12H26O3Si4/c1-16(2)13-18(5)15-19(6,14-17(3)4)12-10-8-7-9-11-12/h7-11,16-18H,1-6H3. The zero-order chi connectivity index (χ0) is 14.5. The van der Waals surface area contributed by atoms with Crippen molar-refractivity contribution < 1.29 is 12.3 Å². The fourth-order valence-electron chi connectivity index (χ4n) is 2.08. The maximum absolute atomic E-state index is 6.35. The van der Waals surface area contributed by atoms with Gasteiger partial charge in [0.25, 0.3) is 9.28 Å². The fourth-order valence-corrected chi connectivity index (χ4v) is 14.6. The Bertz CT molecular complexity index is 374. The number of benzene rings is 1. The van der Waals surface area contributed by atoms with Gasteiger partial charge in [0.2, 0.25) is 0 Å². The molecular weight excluding hydrogens is 304 g/mol. The van der Waals surface area contributed by atoms with Crippen LogP contribution in [-0.4, -0.2) is 35.9 Å². The van der Waals surface area contributed by atoms with Crippen molar-refractivity contribution in [3.05, 3.63) is 30.3 Å². The second-order valence-electron chi connectivity index (χ2n) is 5.35. The summed E-state index contributed by atoms with van der Waals surface area (Å²) in [5, 5.41) is 1.21. The van der Waals surface area contributed by atoms with Crippen LogP contribution in [-0.2, 0) is 12.3 Å². The highest BCUT2D eigenvalue weighted by Crippen LogP contribution is 2.12. The summed E-state index contributed by atoms with van der Waals surface area (Å²) in [5.74, 6) is 0. The second-order valence-corrected chi connectivity index (χ2v) is 16.1. The molecule has 0 aliphatic heterocycles. The van der Waals surface area contributed by atoms with Gasteiger partial charge in [0.1, 0.15) is 0 Å². The molecule has 0 heterocycles. The summed E-state index contributed by atoms with van der Waals surface area (Å²) in [4.78, 5) is 0. The van der Waals surface area contributed by atoms with E-state index in [0.717, 1.165) is 0 Å². The molecule has 1 aromatic rings. The van der Waals surface area contributed by atoms with Crippen molar-refractivity contribution in [1.29, 1.82) is 0 Å². The molecular formula is C12H26O3Si4. The van der Waals surface area contributed by atoms with Crippen molar-refractivity contribution in [2.45, 2.75) is 39.3 Å². The predicted molar refractivity (Wildman–Crippen MR) is 91.7 cm³/mol. The van der Waals surface area contributed by atoms with Crippen LogP contribution >= 0.6 is 0 Å². The van der Waals surface area contributed by atoms with E-state index in [2.05, 4.69) is 63.5 Å². The van der Waals surface area contributed by atoms with Crippen molar-refractivity contribution in [3.8, 4) is 0 Å². The molecule has 2 unspecified atom stereocenters. The van der Waals surface area contributed by atoms with Gasteiger partial charge in [-0.2, -0.15) is 0 Å². The molecule has 0 aliphatic carbocycles. The summed E-state index contributed by atoms with van der Waals surface area (Å²) in [5.41, 5.74) is 0. The topological polar surface area (TPSA) is 27.7 Å². The molecule has 1 aromatic carbocycles. The molecule has 0 aromatic heterocycles. The Hall–Kier alpha value is -0.0325. The molecule has 0 N–H and O–H groups in total. The summed E-state index contributed by atoms with van der Waals surface area (Å²) in [6.07, 6.45) is 0. The average Bonchev–Trinajstić information content (AvgIpc) is 2.27. The third kappa shape index (κ3) is 5.86. The normalized spacial score (nSPS) is 16.6. The lowest BCUT2D eigenvalue weighted by molar-refractivity contribution is 0.368. The zero-order valence-electron chi connectivity index (χ0n) is 12.8. The van der Waals surface area contributed by atoms with Crippen LogP contribution in [0.2, 0.25) is 39.3 Å². The van der Waals surface area contributed by atoms with Crippen LogP contribution in [0.5, 0.6) is 0 Å². The highest BCUT2D eigenvalue weighted by molar-refractivity contribution is 6.88. The van der Waals surface area contributed by atoms with Gasteiger partial charge in [-0.3, -0.25) is 0 Å². The molecule has 1 rings (SSSR count). The Labute approximate surface area is 123 Å². The van der Waals surface area contributed by atoms with Gasteiger partial charge in [-0.25, -0.2) is 0 Å². The Morgan fingerprint density at radius 2 is 1.42 bits per heavy atom. The van der Waals surface area contributed by atoms with E-state index in [1.165, 1.54) is 5.19 Å². The molecule has 0 saturated heterocycles. The van der Waals surface area contributed by atoms with Crippen molar-refractivity contribution in [1.82, 2.24) is 0 Å². The number of rotatable bonds is 7. The maximum Gasteiger partial charge on any atom is 0.349 e. The smallest absolute Gasteiger partial charge is 0.349 e. The Balaban J connectivity index is 2.87. The summed E-state index contributed by atoms with van der Waals surface area (Å²) in [6, 6.07) is 10.4. The number of hydrogen-bond donors (Lipinski definition) is 0. The first-order chi connectivity index (χ1) is 8.83. The molecule has 0 amide bonds. The van der Waals surface area contributed by atoms with Crippen molar-refractivity contribution in [3.63, 3.8) is 0 Å². The Morgan fingerprint density at radius 3 is 1.89 bits per heavy atom. The molecule has 0 radical (unpaired) electrons. The average molecular weight is 331 g/mol. The SMILES string of the molecule is C[SiH](C)O[SiH](C)O[Si](C)(O[SiH](C)C)c1ccccc1. The highest BCUT2D eigenvalue weighted by atomic mass is 28.5. The molecule has 0 aliphatic rings. The summed E-state index contributed by atoms with van der Waals surface area (Å²) in [7, 11) is -6.07. The molecule has 7 heteroatoms. The van der Waals surface area contributed by atoms with Crippen LogP contribution in [0.4, 0.5) is 0 Å².